The highest BCUT2D eigenvalue weighted by molar-refractivity contribution is 5.68. The first-order chi connectivity index (χ1) is 9.33. The van der Waals surface area contributed by atoms with Crippen LogP contribution in [-0.2, 0) is 0 Å². The Morgan fingerprint density at radius 3 is 2.47 bits per heavy atom. The Kier molecular flexibility index (Phi) is 2.51. The third kappa shape index (κ3) is 2.10. The summed E-state index contributed by atoms with van der Waals surface area (Å²) in [5.74, 6) is 2.92. The first-order valence-electron chi connectivity index (χ1n) is 7.49. The molecule has 2 aliphatic rings. The minimum absolute atomic E-state index is 0.857. The zero-order valence-corrected chi connectivity index (χ0v) is 11.5. The third-order valence-electron chi connectivity index (χ3n) is 4.84. The number of hydrogen-bond donors (Lipinski definition) is 0. The second-order valence-electron chi connectivity index (χ2n) is 6.28. The molecule has 4 rings (SSSR count). The van der Waals surface area contributed by atoms with E-state index in [2.05, 4.69) is 55.5 Å². The molecule has 2 fully saturated rings. The molecule has 0 unspecified atom stereocenters. The highest BCUT2D eigenvalue weighted by atomic mass is 14.5. The molecule has 19 heavy (non-hydrogen) atoms. The molecule has 0 amide bonds. The van der Waals surface area contributed by atoms with Crippen molar-refractivity contribution in [2.24, 2.45) is 11.8 Å². The summed E-state index contributed by atoms with van der Waals surface area (Å²) in [5.41, 5.74) is 5.73. The van der Waals surface area contributed by atoms with Gasteiger partial charge in [0.05, 0.1) is 0 Å². The lowest BCUT2D eigenvalue weighted by Crippen LogP contribution is -1.89. The number of benzene rings is 2. The van der Waals surface area contributed by atoms with Gasteiger partial charge in [0.1, 0.15) is 0 Å². The first-order valence-corrected chi connectivity index (χ1v) is 7.49. The van der Waals surface area contributed by atoms with E-state index in [9.17, 15) is 0 Å². The minimum atomic E-state index is 0.857. The summed E-state index contributed by atoms with van der Waals surface area (Å²) < 4.78 is 0. The predicted octanol–water partition coefficient (Wildman–Crippen LogP) is 5.18. The van der Waals surface area contributed by atoms with Crippen molar-refractivity contribution in [2.75, 3.05) is 0 Å². The van der Waals surface area contributed by atoms with Crippen LogP contribution in [0.4, 0.5) is 0 Å². The SMILES string of the molecule is Cc1ccc([C@H]2C[C@@H]2C2CC2)cc1-c1ccccc1. The van der Waals surface area contributed by atoms with Crippen molar-refractivity contribution < 1.29 is 0 Å². The molecular weight excluding hydrogens is 228 g/mol. The summed E-state index contributed by atoms with van der Waals surface area (Å²) in [6, 6.07) is 17.9. The van der Waals surface area contributed by atoms with Crippen molar-refractivity contribution in [1.82, 2.24) is 0 Å². The topological polar surface area (TPSA) is 0 Å². The van der Waals surface area contributed by atoms with Gasteiger partial charge in [-0.05, 0) is 66.2 Å². The number of rotatable bonds is 3. The summed E-state index contributed by atoms with van der Waals surface area (Å²) in [4.78, 5) is 0. The Bertz CT molecular complexity index is 593. The highest BCUT2D eigenvalue weighted by Gasteiger charge is 2.47. The average Bonchev–Trinajstić information content (AvgIpc) is 3.31. The van der Waals surface area contributed by atoms with Gasteiger partial charge in [0.15, 0.2) is 0 Å². The van der Waals surface area contributed by atoms with E-state index in [-0.39, 0.29) is 0 Å². The Labute approximate surface area is 115 Å². The average molecular weight is 248 g/mol. The highest BCUT2D eigenvalue weighted by Crippen LogP contribution is 2.59. The zero-order valence-electron chi connectivity index (χ0n) is 11.5. The van der Waals surface area contributed by atoms with Crippen LogP contribution in [0.15, 0.2) is 48.5 Å². The smallest absolute Gasteiger partial charge is 0.0128 e. The third-order valence-corrected chi connectivity index (χ3v) is 4.84. The molecule has 0 nitrogen and oxygen atoms in total. The fourth-order valence-electron chi connectivity index (χ4n) is 3.44. The minimum Gasteiger partial charge on any atom is -0.0622 e. The van der Waals surface area contributed by atoms with E-state index in [4.69, 9.17) is 0 Å². The summed E-state index contributed by atoms with van der Waals surface area (Å²) in [6.07, 6.45) is 4.40. The molecule has 0 heterocycles. The Morgan fingerprint density at radius 2 is 1.74 bits per heavy atom. The largest absolute Gasteiger partial charge is 0.0622 e. The maximum Gasteiger partial charge on any atom is -0.0128 e. The van der Waals surface area contributed by atoms with Crippen LogP contribution in [0.1, 0.15) is 36.3 Å². The maximum absolute atomic E-state index is 2.44. The molecule has 0 spiro atoms. The number of hydrogen-bond acceptors (Lipinski definition) is 0. The number of aryl methyl sites for hydroxylation is 1. The lowest BCUT2D eigenvalue weighted by atomic mass is 9.96. The van der Waals surface area contributed by atoms with Crippen LogP contribution in [0, 0.1) is 18.8 Å². The summed E-state index contributed by atoms with van der Waals surface area (Å²) in [7, 11) is 0. The lowest BCUT2D eigenvalue weighted by Gasteiger charge is -2.09. The van der Waals surface area contributed by atoms with Crippen LogP contribution < -0.4 is 0 Å². The fourth-order valence-corrected chi connectivity index (χ4v) is 3.44. The van der Waals surface area contributed by atoms with E-state index in [0.717, 1.165) is 17.8 Å². The molecule has 0 N–H and O–H groups in total. The van der Waals surface area contributed by atoms with Gasteiger partial charge in [0.25, 0.3) is 0 Å². The molecule has 2 aromatic carbocycles. The van der Waals surface area contributed by atoms with Crippen molar-refractivity contribution in [3.8, 4) is 11.1 Å². The molecule has 2 saturated carbocycles. The second kappa shape index (κ2) is 4.23. The maximum atomic E-state index is 2.44. The lowest BCUT2D eigenvalue weighted by molar-refractivity contribution is 0.690. The van der Waals surface area contributed by atoms with Gasteiger partial charge in [-0.25, -0.2) is 0 Å². The van der Waals surface area contributed by atoms with Crippen molar-refractivity contribution >= 4 is 0 Å². The first kappa shape index (κ1) is 11.3. The molecule has 0 radical (unpaired) electrons. The summed E-state index contributed by atoms with van der Waals surface area (Å²) >= 11 is 0. The molecular formula is C19H20. The van der Waals surface area contributed by atoms with E-state index in [1.165, 1.54) is 36.0 Å². The molecule has 2 aliphatic carbocycles. The Morgan fingerprint density at radius 1 is 0.947 bits per heavy atom. The van der Waals surface area contributed by atoms with Gasteiger partial charge in [0.2, 0.25) is 0 Å². The van der Waals surface area contributed by atoms with Crippen LogP contribution in [0.3, 0.4) is 0 Å². The van der Waals surface area contributed by atoms with E-state index >= 15 is 0 Å². The molecule has 0 bridgehead atoms. The van der Waals surface area contributed by atoms with Crippen LogP contribution in [0.5, 0.6) is 0 Å². The molecule has 0 aromatic heterocycles. The quantitative estimate of drug-likeness (QED) is 0.702. The van der Waals surface area contributed by atoms with Crippen LogP contribution >= 0.6 is 0 Å². The van der Waals surface area contributed by atoms with Gasteiger partial charge in [-0.1, -0.05) is 48.5 Å². The van der Waals surface area contributed by atoms with Gasteiger partial charge in [-0.2, -0.15) is 0 Å². The van der Waals surface area contributed by atoms with Gasteiger partial charge in [-0.15, -0.1) is 0 Å². The predicted molar refractivity (Wildman–Crippen MR) is 80.2 cm³/mol. The molecule has 0 aliphatic heterocycles. The van der Waals surface area contributed by atoms with E-state index in [1.807, 2.05) is 0 Å². The van der Waals surface area contributed by atoms with Gasteiger partial charge in [0, 0.05) is 0 Å². The second-order valence-corrected chi connectivity index (χ2v) is 6.28. The molecule has 2 atom stereocenters. The van der Waals surface area contributed by atoms with Gasteiger partial charge in [-0.3, -0.25) is 0 Å². The van der Waals surface area contributed by atoms with Gasteiger partial charge < -0.3 is 0 Å². The summed E-state index contributed by atoms with van der Waals surface area (Å²) in [6.45, 7) is 2.22. The monoisotopic (exact) mass is 248 g/mol. The van der Waals surface area contributed by atoms with Crippen molar-refractivity contribution in [3.63, 3.8) is 0 Å². The normalized spacial score (nSPS) is 25.3. The Balaban J connectivity index is 1.67. The van der Waals surface area contributed by atoms with E-state index < -0.39 is 0 Å². The van der Waals surface area contributed by atoms with Crippen LogP contribution in [0.25, 0.3) is 11.1 Å². The Hall–Kier alpha value is -1.56. The molecule has 96 valence electrons. The fraction of sp³-hybridized carbons (Fsp3) is 0.368. The zero-order chi connectivity index (χ0) is 12.8. The van der Waals surface area contributed by atoms with Gasteiger partial charge >= 0.3 is 0 Å². The molecule has 2 aromatic rings. The molecule has 0 heteroatoms. The standard InChI is InChI=1S/C19H20/c1-13-7-8-16(19-12-18(19)15-9-10-15)11-17(13)14-5-3-2-4-6-14/h2-8,11,15,18-19H,9-10,12H2,1H3/t18-,19-/m1/s1. The van der Waals surface area contributed by atoms with Crippen molar-refractivity contribution in [2.45, 2.75) is 32.1 Å². The summed E-state index contributed by atoms with van der Waals surface area (Å²) in [5, 5.41) is 0. The molecule has 0 saturated heterocycles. The van der Waals surface area contributed by atoms with Crippen LogP contribution in [0.2, 0.25) is 0 Å². The van der Waals surface area contributed by atoms with E-state index in [0.29, 0.717) is 0 Å². The van der Waals surface area contributed by atoms with Crippen molar-refractivity contribution in [1.29, 1.82) is 0 Å². The van der Waals surface area contributed by atoms with Crippen molar-refractivity contribution in [3.05, 3.63) is 59.7 Å². The van der Waals surface area contributed by atoms with Crippen LogP contribution in [-0.4, -0.2) is 0 Å². The van der Waals surface area contributed by atoms with E-state index in [1.54, 1.807) is 5.56 Å².